The number of aromatic nitrogens is 2. The molecule has 34 heavy (non-hydrogen) atoms. The van der Waals surface area contributed by atoms with Crippen molar-refractivity contribution in [1.29, 1.82) is 0 Å². The number of carbonyl (C=O) groups is 1. The number of alkyl halides is 2. The van der Waals surface area contributed by atoms with E-state index in [1.165, 1.54) is 0 Å². The average molecular weight is 543 g/mol. The molecule has 1 saturated carbocycles. The van der Waals surface area contributed by atoms with Gasteiger partial charge in [0.15, 0.2) is 5.60 Å². The van der Waals surface area contributed by atoms with E-state index in [1.54, 1.807) is 30.3 Å². The van der Waals surface area contributed by atoms with Gasteiger partial charge in [-0.15, -0.1) is 0 Å². The second-order valence-corrected chi connectivity index (χ2v) is 9.19. The first-order chi connectivity index (χ1) is 15.7. The Morgan fingerprint density at radius 3 is 2.59 bits per heavy atom. The van der Waals surface area contributed by atoms with E-state index >= 15 is 0 Å². The van der Waals surface area contributed by atoms with E-state index in [0.717, 1.165) is 18.7 Å². The first-order valence-corrected chi connectivity index (χ1v) is 12.1. The molecule has 0 amide bonds. The third-order valence-corrected chi connectivity index (χ3v) is 7.07. The fourth-order valence-corrected chi connectivity index (χ4v) is 5.07. The molecule has 1 aromatic carbocycles. The molecule has 0 aliphatic heterocycles. The van der Waals surface area contributed by atoms with Gasteiger partial charge < -0.3 is 26.8 Å². The monoisotopic (exact) mass is 542 g/mol. The van der Waals surface area contributed by atoms with E-state index in [4.69, 9.17) is 4.74 Å². The maximum absolute atomic E-state index is 14.1. The van der Waals surface area contributed by atoms with Crippen molar-refractivity contribution in [2.24, 2.45) is 5.92 Å². The van der Waals surface area contributed by atoms with Crippen molar-refractivity contribution in [2.45, 2.75) is 89.8 Å². The number of hydrogen-bond acceptors (Lipinski definition) is 3. The van der Waals surface area contributed by atoms with Crippen molar-refractivity contribution in [3.63, 3.8) is 0 Å². The lowest BCUT2D eigenvalue weighted by atomic mass is 9.72. The minimum absolute atomic E-state index is 0. The quantitative estimate of drug-likeness (QED) is 0.284. The maximum Gasteiger partial charge on any atom is 0.343 e. The van der Waals surface area contributed by atoms with Crippen LogP contribution in [0.15, 0.2) is 42.7 Å². The molecule has 1 fully saturated rings. The van der Waals surface area contributed by atoms with Gasteiger partial charge in [0, 0.05) is 32.1 Å². The predicted molar refractivity (Wildman–Crippen MR) is 122 cm³/mol. The molecule has 0 bridgehead atoms. The average Bonchev–Trinajstić information content (AvgIpc) is 3.17. The van der Waals surface area contributed by atoms with E-state index in [0.29, 0.717) is 31.0 Å². The second-order valence-electron chi connectivity index (χ2n) is 9.19. The molecule has 5 nitrogen and oxygen atoms in total. The minimum Gasteiger partial charge on any atom is -1.00 e. The molecular formula is C26H37BrF2N2O3. The summed E-state index contributed by atoms with van der Waals surface area (Å²) in [4.78, 5) is 13.1. The van der Waals surface area contributed by atoms with Crippen LogP contribution < -0.4 is 21.5 Å². The number of aliphatic hydroxyl groups is 1. The zero-order chi connectivity index (χ0) is 24.1. The van der Waals surface area contributed by atoms with Crippen LogP contribution in [0.25, 0.3) is 0 Å². The van der Waals surface area contributed by atoms with Gasteiger partial charge in [-0.3, -0.25) is 0 Å². The van der Waals surface area contributed by atoms with Gasteiger partial charge in [-0.1, -0.05) is 44.2 Å². The molecule has 0 radical (unpaired) electrons. The maximum atomic E-state index is 14.1. The van der Waals surface area contributed by atoms with Crippen molar-refractivity contribution in [3.8, 4) is 0 Å². The van der Waals surface area contributed by atoms with Crippen molar-refractivity contribution in [3.05, 3.63) is 54.1 Å². The summed E-state index contributed by atoms with van der Waals surface area (Å²) in [5, 5.41) is 11.5. The zero-order valence-electron chi connectivity index (χ0n) is 20.4. The minimum atomic E-state index is -2.89. The standard InChI is InChI=1S/C26H37F2N2O3.BrH/c1-4-23(5-2)30-17-16-29(20(30)3)15-10-18-33-24(31)26(32,21-11-7-6-8-12-21)22-13-9-14-25(27,28)19-22;/h6-8,11-12,16-17,22-23,32H,4-5,9-10,13-15,18-19H2,1-3H3;1H/q+1;/p-1/t22-,26+;/m1./s1. The molecule has 190 valence electrons. The highest BCUT2D eigenvalue weighted by molar-refractivity contribution is 5.81. The summed E-state index contributed by atoms with van der Waals surface area (Å²) in [5.41, 5.74) is -1.77. The van der Waals surface area contributed by atoms with Gasteiger partial charge in [-0.2, -0.15) is 0 Å². The third-order valence-electron chi connectivity index (χ3n) is 7.07. The number of imidazole rings is 1. The first-order valence-electron chi connectivity index (χ1n) is 12.1. The Morgan fingerprint density at radius 2 is 1.97 bits per heavy atom. The molecule has 1 aliphatic rings. The number of hydrogen-bond donors (Lipinski definition) is 1. The summed E-state index contributed by atoms with van der Waals surface area (Å²) in [6.45, 7) is 7.19. The van der Waals surface area contributed by atoms with E-state index in [2.05, 4.69) is 36.1 Å². The summed E-state index contributed by atoms with van der Waals surface area (Å²) in [6.07, 6.45) is 6.68. The molecule has 0 saturated heterocycles. The highest BCUT2D eigenvalue weighted by Crippen LogP contribution is 2.45. The molecule has 2 atom stereocenters. The lowest BCUT2D eigenvalue weighted by Gasteiger charge is -2.39. The second kappa shape index (κ2) is 12.2. The van der Waals surface area contributed by atoms with E-state index in [-0.39, 0.29) is 36.4 Å². The highest BCUT2D eigenvalue weighted by atomic mass is 79.9. The number of halogens is 3. The molecule has 1 heterocycles. The van der Waals surface area contributed by atoms with Crippen LogP contribution in [0.2, 0.25) is 0 Å². The fourth-order valence-electron chi connectivity index (χ4n) is 5.07. The molecule has 1 aromatic heterocycles. The van der Waals surface area contributed by atoms with Gasteiger partial charge in [-0.05, 0) is 31.2 Å². The summed E-state index contributed by atoms with van der Waals surface area (Å²) in [6, 6.07) is 8.81. The molecule has 0 unspecified atom stereocenters. The van der Waals surface area contributed by atoms with Crippen LogP contribution in [0.3, 0.4) is 0 Å². The van der Waals surface area contributed by atoms with Gasteiger partial charge in [0.25, 0.3) is 5.82 Å². The number of nitrogens with zero attached hydrogens (tertiary/aromatic N) is 2. The molecule has 2 aromatic rings. The molecule has 1 N–H and O–H groups in total. The van der Waals surface area contributed by atoms with E-state index < -0.39 is 29.8 Å². The molecule has 0 spiro atoms. The number of aryl methyl sites for hydroxylation is 1. The zero-order valence-corrected chi connectivity index (χ0v) is 21.9. The molecule has 3 rings (SSSR count). The smallest absolute Gasteiger partial charge is 0.343 e. The summed E-state index contributed by atoms with van der Waals surface area (Å²) < 4.78 is 38.2. The highest BCUT2D eigenvalue weighted by Gasteiger charge is 2.52. The van der Waals surface area contributed by atoms with Crippen LogP contribution in [0, 0.1) is 12.8 Å². The van der Waals surface area contributed by atoms with Crippen LogP contribution in [-0.2, 0) is 21.7 Å². The Morgan fingerprint density at radius 1 is 1.29 bits per heavy atom. The van der Waals surface area contributed by atoms with Gasteiger partial charge >= 0.3 is 5.97 Å². The van der Waals surface area contributed by atoms with Crippen molar-refractivity contribution < 1.29 is 45.0 Å². The third kappa shape index (κ3) is 6.25. The van der Waals surface area contributed by atoms with Crippen molar-refractivity contribution in [1.82, 2.24) is 4.57 Å². The Bertz CT molecular complexity index is 918. The van der Waals surface area contributed by atoms with Crippen LogP contribution in [0.1, 0.15) is 76.2 Å². The van der Waals surface area contributed by atoms with Crippen molar-refractivity contribution in [2.75, 3.05) is 6.61 Å². The van der Waals surface area contributed by atoms with Gasteiger partial charge in [0.1, 0.15) is 18.4 Å². The number of esters is 1. The van der Waals surface area contributed by atoms with E-state index in [9.17, 15) is 18.7 Å². The number of benzene rings is 1. The molecular weight excluding hydrogens is 506 g/mol. The number of carbonyl (C=O) groups excluding carboxylic acids is 1. The van der Waals surface area contributed by atoms with Crippen molar-refractivity contribution >= 4 is 5.97 Å². The van der Waals surface area contributed by atoms with Gasteiger partial charge in [0.05, 0.1) is 13.2 Å². The Labute approximate surface area is 211 Å². The topological polar surface area (TPSA) is 55.3 Å². The van der Waals surface area contributed by atoms with Crippen LogP contribution >= 0.6 is 0 Å². The van der Waals surface area contributed by atoms with Crippen LogP contribution in [0.4, 0.5) is 8.78 Å². The predicted octanol–water partition coefficient (Wildman–Crippen LogP) is 2.10. The SMILES string of the molecule is CCC(CC)[n+]1ccn(CCCOC(=O)[C@](O)(c2ccccc2)[C@@H]2CCCC(F)(F)C2)c1C.[Br-]. The summed E-state index contributed by atoms with van der Waals surface area (Å²) >= 11 is 0. The van der Waals surface area contributed by atoms with E-state index in [1.807, 2.05) is 6.20 Å². The lowest BCUT2D eigenvalue weighted by molar-refractivity contribution is -0.728. The summed E-state index contributed by atoms with van der Waals surface area (Å²) in [5.74, 6) is -3.47. The van der Waals surface area contributed by atoms with Gasteiger partial charge in [-0.25, -0.2) is 22.7 Å². The Balaban J connectivity index is 0.00000408. The normalized spacial score (nSPS) is 19.3. The Hall–Kier alpha value is -1.80. The molecule has 8 heteroatoms. The fraction of sp³-hybridized carbons (Fsp3) is 0.615. The number of rotatable bonds is 10. The summed E-state index contributed by atoms with van der Waals surface area (Å²) in [7, 11) is 0. The number of ether oxygens (including phenoxy) is 1. The first kappa shape index (κ1) is 28.4. The van der Waals surface area contributed by atoms with Gasteiger partial charge in [0.2, 0.25) is 5.92 Å². The Kier molecular flexibility index (Phi) is 10.2. The van der Waals surface area contributed by atoms with Crippen LogP contribution in [-0.4, -0.2) is 28.2 Å². The molecule has 1 aliphatic carbocycles. The van der Waals surface area contributed by atoms with Crippen LogP contribution in [0.5, 0.6) is 0 Å². The largest absolute Gasteiger partial charge is 1.00 e. The lowest BCUT2D eigenvalue weighted by Crippen LogP contribution is -3.00.